The number of amides is 1. The molecule has 3 N–H and O–H groups in total. The summed E-state index contributed by atoms with van der Waals surface area (Å²) in [5.74, 6) is 0.791. The highest BCUT2D eigenvalue weighted by molar-refractivity contribution is 5.80. The summed E-state index contributed by atoms with van der Waals surface area (Å²) in [7, 11) is 0. The summed E-state index contributed by atoms with van der Waals surface area (Å²) in [5, 5.41) is 6.89. The highest BCUT2D eigenvalue weighted by Crippen LogP contribution is 2.25. The van der Waals surface area contributed by atoms with Crippen molar-refractivity contribution >= 4 is 5.91 Å². The number of nitrogens with zero attached hydrogens (tertiary/aromatic N) is 2. The molecule has 116 valence electrons. The average molecular weight is 300 g/mol. The topological polar surface area (TPSA) is 94.0 Å². The zero-order valence-electron chi connectivity index (χ0n) is 12.5. The van der Waals surface area contributed by atoms with Crippen LogP contribution in [0.2, 0.25) is 0 Å². The fraction of sp³-hybridized carbons (Fsp3) is 0.438. The van der Waals surface area contributed by atoms with E-state index >= 15 is 0 Å². The van der Waals surface area contributed by atoms with E-state index in [1.54, 1.807) is 0 Å². The van der Waals surface area contributed by atoms with E-state index in [-0.39, 0.29) is 23.9 Å². The van der Waals surface area contributed by atoms with Gasteiger partial charge in [-0.25, -0.2) is 0 Å². The fourth-order valence-electron chi connectivity index (χ4n) is 2.81. The molecule has 0 bridgehead atoms. The van der Waals surface area contributed by atoms with Crippen LogP contribution in [-0.2, 0) is 4.79 Å². The van der Waals surface area contributed by atoms with Gasteiger partial charge in [0.2, 0.25) is 5.91 Å². The lowest BCUT2D eigenvalue weighted by Gasteiger charge is -2.17. The van der Waals surface area contributed by atoms with Gasteiger partial charge in [0.15, 0.2) is 5.82 Å². The number of nitrogens with one attached hydrogen (secondary N) is 1. The molecule has 1 aromatic heterocycles. The summed E-state index contributed by atoms with van der Waals surface area (Å²) >= 11 is 0. The Labute approximate surface area is 129 Å². The van der Waals surface area contributed by atoms with Crippen molar-refractivity contribution < 1.29 is 9.32 Å². The lowest BCUT2D eigenvalue weighted by Crippen LogP contribution is -2.39. The third-order valence-corrected chi connectivity index (χ3v) is 4.11. The van der Waals surface area contributed by atoms with Crippen LogP contribution in [0.15, 0.2) is 34.9 Å². The van der Waals surface area contributed by atoms with Crippen molar-refractivity contribution in [1.29, 1.82) is 0 Å². The maximum absolute atomic E-state index is 12.2. The van der Waals surface area contributed by atoms with Crippen LogP contribution in [0.4, 0.5) is 0 Å². The van der Waals surface area contributed by atoms with Crippen LogP contribution < -0.4 is 11.1 Å². The maximum atomic E-state index is 12.2. The zero-order chi connectivity index (χ0) is 15.5. The van der Waals surface area contributed by atoms with Gasteiger partial charge in [-0.15, -0.1) is 0 Å². The molecule has 0 aliphatic heterocycles. The quantitative estimate of drug-likeness (QED) is 0.901. The molecule has 0 saturated heterocycles. The molecule has 2 aromatic rings. The van der Waals surface area contributed by atoms with Crippen molar-refractivity contribution in [1.82, 2.24) is 15.5 Å². The normalized spacial score (nSPS) is 22.5. The van der Waals surface area contributed by atoms with Crippen molar-refractivity contribution in [3.63, 3.8) is 0 Å². The van der Waals surface area contributed by atoms with Crippen LogP contribution in [0.3, 0.4) is 0 Å². The second-order valence-electron chi connectivity index (χ2n) is 5.76. The van der Waals surface area contributed by atoms with E-state index in [2.05, 4.69) is 15.5 Å². The van der Waals surface area contributed by atoms with Crippen LogP contribution in [0.25, 0.3) is 11.5 Å². The van der Waals surface area contributed by atoms with Gasteiger partial charge >= 0.3 is 0 Å². The van der Waals surface area contributed by atoms with Crippen molar-refractivity contribution in [2.45, 2.75) is 38.3 Å². The van der Waals surface area contributed by atoms with Gasteiger partial charge in [0.25, 0.3) is 5.89 Å². The van der Waals surface area contributed by atoms with Crippen molar-refractivity contribution in [2.75, 3.05) is 0 Å². The highest BCUT2D eigenvalue weighted by Gasteiger charge is 2.31. The molecule has 1 aromatic carbocycles. The molecule has 1 heterocycles. The van der Waals surface area contributed by atoms with Crippen LogP contribution in [0, 0.1) is 5.92 Å². The van der Waals surface area contributed by atoms with Crippen LogP contribution in [-0.4, -0.2) is 22.1 Å². The molecule has 6 nitrogen and oxygen atoms in total. The molecule has 3 rings (SSSR count). The zero-order valence-corrected chi connectivity index (χ0v) is 12.5. The average Bonchev–Trinajstić information content (AvgIpc) is 3.17. The third kappa shape index (κ3) is 3.01. The van der Waals surface area contributed by atoms with Crippen molar-refractivity contribution in [3.05, 3.63) is 36.2 Å². The summed E-state index contributed by atoms with van der Waals surface area (Å²) in [4.78, 5) is 16.6. The number of rotatable bonds is 4. The number of benzene rings is 1. The number of carbonyl (C=O) groups excluding carboxylic acids is 1. The Kier molecular flexibility index (Phi) is 4.20. The Morgan fingerprint density at radius 1 is 1.36 bits per heavy atom. The Morgan fingerprint density at radius 3 is 2.82 bits per heavy atom. The van der Waals surface area contributed by atoms with Gasteiger partial charge < -0.3 is 15.6 Å². The molecule has 6 heteroatoms. The van der Waals surface area contributed by atoms with Crippen LogP contribution >= 0.6 is 0 Å². The lowest BCUT2D eigenvalue weighted by atomic mass is 10.0. The van der Waals surface area contributed by atoms with Gasteiger partial charge in [-0.3, -0.25) is 4.79 Å². The van der Waals surface area contributed by atoms with E-state index < -0.39 is 0 Å². The van der Waals surface area contributed by atoms with E-state index in [9.17, 15) is 4.79 Å². The van der Waals surface area contributed by atoms with Gasteiger partial charge in [-0.05, 0) is 31.9 Å². The minimum Gasteiger partial charge on any atom is -0.346 e. The monoisotopic (exact) mass is 300 g/mol. The number of aromatic nitrogens is 2. The van der Waals surface area contributed by atoms with Crippen molar-refractivity contribution in [2.24, 2.45) is 11.7 Å². The summed E-state index contributed by atoms with van der Waals surface area (Å²) in [6.07, 6.45) is 2.77. The second kappa shape index (κ2) is 6.27. The smallest absolute Gasteiger partial charge is 0.257 e. The lowest BCUT2D eigenvalue weighted by molar-refractivity contribution is -0.125. The first-order chi connectivity index (χ1) is 10.6. The molecule has 1 amide bonds. The first kappa shape index (κ1) is 14.7. The minimum atomic E-state index is -0.304. The molecular weight excluding hydrogens is 280 g/mol. The molecular formula is C16H20N4O2. The number of hydrogen-bond acceptors (Lipinski definition) is 5. The van der Waals surface area contributed by atoms with E-state index in [0.717, 1.165) is 24.8 Å². The van der Waals surface area contributed by atoms with Gasteiger partial charge in [-0.1, -0.05) is 29.8 Å². The molecule has 1 fully saturated rings. The third-order valence-electron chi connectivity index (χ3n) is 4.11. The number of nitrogens with two attached hydrogens (primary N) is 1. The molecule has 22 heavy (non-hydrogen) atoms. The Bertz CT molecular complexity index is 641. The maximum Gasteiger partial charge on any atom is 0.257 e. The molecule has 0 spiro atoms. The van der Waals surface area contributed by atoms with E-state index in [4.69, 9.17) is 10.3 Å². The van der Waals surface area contributed by atoms with Gasteiger partial charge in [0, 0.05) is 11.6 Å². The van der Waals surface area contributed by atoms with Gasteiger partial charge in [0.05, 0.1) is 12.0 Å². The Hall–Kier alpha value is -2.21. The summed E-state index contributed by atoms with van der Waals surface area (Å²) < 4.78 is 5.26. The molecule has 0 radical (unpaired) electrons. The van der Waals surface area contributed by atoms with Crippen LogP contribution in [0.5, 0.6) is 0 Å². The molecule has 1 aliphatic carbocycles. The predicted octanol–water partition coefficient (Wildman–Crippen LogP) is 2.04. The van der Waals surface area contributed by atoms with E-state index in [0.29, 0.717) is 11.7 Å². The van der Waals surface area contributed by atoms with E-state index in [1.807, 2.05) is 37.3 Å². The summed E-state index contributed by atoms with van der Waals surface area (Å²) in [6.45, 7) is 1.85. The van der Waals surface area contributed by atoms with Gasteiger partial charge in [-0.2, -0.15) is 4.98 Å². The molecule has 1 aliphatic rings. The largest absolute Gasteiger partial charge is 0.346 e. The Balaban J connectivity index is 1.67. The SMILES string of the molecule is CC(NC(=O)C1CCCC1N)c1noc(-c2ccccc2)n1. The summed E-state index contributed by atoms with van der Waals surface area (Å²) in [6, 6.07) is 9.20. The Morgan fingerprint density at radius 2 is 2.14 bits per heavy atom. The molecule has 1 saturated carbocycles. The highest BCUT2D eigenvalue weighted by atomic mass is 16.5. The van der Waals surface area contributed by atoms with Crippen LogP contribution in [0.1, 0.15) is 38.1 Å². The fourth-order valence-corrected chi connectivity index (χ4v) is 2.81. The molecule has 3 atom stereocenters. The summed E-state index contributed by atoms with van der Waals surface area (Å²) in [5.41, 5.74) is 6.82. The van der Waals surface area contributed by atoms with Crippen molar-refractivity contribution in [3.8, 4) is 11.5 Å². The standard InChI is InChI=1S/C16H20N4O2/c1-10(18-15(21)12-8-5-9-13(12)17)14-19-16(22-20-14)11-6-3-2-4-7-11/h2-4,6-7,10,12-13H,5,8-9,17H2,1H3,(H,18,21). The van der Waals surface area contributed by atoms with Gasteiger partial charge in [0.1, 0.15) is 0 Å². The number of hydrogen-bond donors (Lipinski definition) is 2. The first-order valence-electron chi connectivity index (χ1n) is 7.60. The van der Waals surface area contributed by atoms with E-state index in [1.165, 1.54) is 0 Å². The minimum absolute atomic E-state index is 0.0245. The first-order valence-corrected chi connectivity index (χ1v) is 7.60. The second-order valence-corrected chi connectivity index (χ2v) is 5.76. The molecule has 3 unspecified atom stereocenters. The number of carbonyl (C=O) groups is 1. The predicted molar refractivity (Wildman–Crippen MR) is 81.6 cm³/mol.